The Morgan fingerprint density at radius 2 is 2.30 bits per heavy atom. The molecule has 1 unspecified atom stereocenters. The van der Waals surface area contributed by atoms with E-state index in [2.05, 4.69) is 12.0 Å². The molecule has 2 aliphatic carbocycles. The minimum absolute atomic E-state index is 0.00103. The molecule has 23 heavy (non-hydrogen) atoms. The van der Waals surface area contributed by atoms with Crippen LogP contribution in [0.25, 0.3) is 0 Å². The fraction of sp³-hybridized carbons (Fsp3) is 0.765. The van der Waals surface area contributed by atoms with E-state index in [-0.39, 0.29) is 17.8 Å². The van der Waals surface area contributed by atoms with E-state index < -0.39 is 0 Å². The maximum absolute atomic E-state index is 12.4. The first-order chi connectivity index (χ1) is 11.1. The first kappa shape index (κ1) is 16.8. The van der Waals surface area contributed by atoms with E-state index >= 15 is 0 Å². The van der Waals surface area contributed by atoms with E-state index in [1.165, 1.54) is 32.1 Å². The molecule has 3 rings (SSSR count). The Morgan fingerprint density at radius 1 is 1.57 bits per heavy atom. The molecule has 2 fully saturated rings. The van der Waals surface area contributed by atoms with Gasteiger partial charge in [-0.1, -0.05) is 6.42 Å². The van der Waals surface area contributed by atoms with Crippen LogP contribution in [0.5, 0.6) is 0 Å². The van der Waals surface area contributed by atoms with Crippen LogP contribution in [0.2, 0.25) is 0 Å². The van der Waals surface area contributed by atoms with Gasteiger partial charge in [0.05, 0.1) is 12.2 Å². The molecule has 0 aromatic carbocycles. The fourth-order valence-electron chi connectivity index (χ4n) is 4.18. The molecular weight excluding hydrogens is 314 g/mol. The molecule has 0 aliphatic heterocycles. The number of rotatable bonds is 7. The van der Waals surface area contributed by atoms with Crippen molar-refractivity contribution in [1.29, 1.82) is 0 Å². The van der Waals surface area contributed by atoms with E-state index in [4.69, 9.17) is 16.3 Å². The van der Waals surface area contributed by atoms with Crippen LogP contribution in [-0.2, 0) is 22.8 Å². The van der Waals surface area contributed by atoms with Crippen molar-refractivity contribution in [2.24, 2.45) is 11.3 Å². The van der Waals surface area contributed by atoms with Crippen LogP contribution >= 0.6 is 11.6 Å². The quantitative estimate of drug-likeness (QED) is 0.717. The summed E-state index contributed by atoms with van der Waals surface area (Å²) in [6.07, 6.45) is 8.40. The van der Waals surface area contributed by atoms with Crippen LogP contribution in [0.4, 0.5) is 0 Å². The molecule has 0 N–H and O–H groups in total. The van der Waals surface area contributed by atoms with Gasteiger partial charge in [0, 0.05) is 19.3 Å². The monoisotopic (exact) mass is 339 g/mol. The molecule has 6 heteroatoms. The van der Waals surface area contributed by atoms with Crippen molar-refractivity contribution >= 4 is 17.5 Å². The number of carbonyl (C=O) groups excluding carboxylic acids is 1. The number of ether oxygens (including phenoxy) is 1. The molecule has 1 amide bonds. The second kappa shape index (κ2) is 6.81. The van der Waals surface area contributed by atoms with Crippen LogP contribution in [-0.4, -0.2) is 39.6 Å². The predicted octanol–water partition coefficient (Wildman–Crippen LogP) is 3.02. The third-order valence-electron chi connectivity index (χ3n) is 5.80. The highest BCUT2D eigenvalue weighted by Crippen LogP contribution is 2.59. The Kier molecular flexibility index (Phi) is 4.97. The topological polar surface area (TPSA) is 47.4 Å². The lowest BCUT2D eigenvalue weighted by Crippen LogP contribution is -2.52. The van der Waals surface area contributed by atoms with E-state index in [0.29, 0.717) is 24.6 Å². The zero-order valence-electron chi connectivity index (χ0n) is 14.0. The predicted molar refractivity (Wildman–Crippen MR) is 89.0 cm³/mol. The average molecular weight is 340 g/mol. The molecule has 5 nitrogen and oxygen atoms in total. The summed E-state index contributed by atoms with van der Waals surface area (Å²) in [5.41, 5.74) is 1.60. The Hall–Kier alpha value is -1.07. The molecule has 0 saturated heterocycles. The number of methoxy groups -OCH3 is 1. The second-order valence-corrected chi connectivity index (χ2v) is 7.42. The third-order valence-corrected chi connectivity index (χ3v) is 6.03. The summed E-state index contributed by atoms with van der Waals surface area (Å²) in [6, 6.07) is 2.16. The van der Waals surface area contributed by atoms with Gasteiger partial charge in [-0.15, -0.1) is 11.6 Å². The standard InChI is InChI=1S/C17H26ClN3O2/c1-13(14-8-17(9-14)5-3-6-17)20(16(22)10-18)11-15-4-7-19-21(15)12-23-2/h4,7,13-14H,3,5-6,8-12H2,1-2H3. The number of hydrogen-bond donors (Lipinski definition) is 0. The van der Waals surface area contributed by atoms with Crippen molar-refractivity contribution in [3.8, 4) is 0 Å². The van der Waals surface area contributed by atoms with Gasteiger partial charge in [0.15, 0.2) is 0 Å². The van der Waals surface area contributed by atoms with Crippen LogP contribution in [0.1, 0.15) is 44.7 Å². The van der Waals surface area contributed by atoms with E-state index in [1.54, 1.807) is 18.0 Å². The van der Waals surface area contributed by atoms with Gasteiger partial charge in [-0.25, -0.2) is 4.68 Å². The fourth-order valence-corrected chi connectivity index (χ4v) is 4.33. The number of nitrogens with zero attached hydrogens (tertiary/aromatic N) is 3. The van der Waals surface area contributed by atoms with Crippen molar-refractivity contribution in [3.05, 3.63) is 18.0 Å². The molecule has 2 aliphatic rings. The van der Waals surface area contributed by atoms with E-state index in [1.807, 2.05) is 11.0 Å². The molecule has 1 aromatic rings. The first-order valence-corrected chi connectivity index (χ1v) is 8.97. The zero-order valence-corrected chi connectivity index (χ0v) is 14.8. The highest BCUT2D eigenvalue weighted by molar-refractivity contribution is 6.27. The largest absolute Gasteiger partial charge is 0.362 e. The normalized spacial score (nSPS) is 20.8. The summed E-state index contributed by atoms with van der Waals surface area (Å²) in [4.78, 5) is 14.3. The van der Waals surface area contributed by atoms with Gasteiger partial charge in [-0.2, -0.15) is 5.10 Å². The van der Waals surface area contributed by atoms with Gasteiger partial charge in [0.2, 0.25) is 5.91 Å². The molecule has 0 bridgehead atoms. The smallest absolute Gasteiger partial charge is 0.238 e. The summed E-state index contributed by atoms with van der Waals surface area (Å²) in [5, 5.41) is 4.25. The number of carbonyl (C=O) groups is 1. The van der Waals surface area contributed by atoms with Crippen LogP contribution in [0.3, 0.4) is 0 Å². The number of aromatic nitrogens is 2. The van der Waals surface area contributed by atoms with E-state index in [9.17, 15) is 4.79 Å². The Bertz CT molecular complexity index is 548. The second-order valence-electron chi connectivity index (χ2n) is 7.16. The van der Waals surface area contributed by atoms with E-state index in [0.717, 1.165) is 5.69 Å². The highest BCUT2D eigenvalue weighted by atomic mass is 35.5. The molecule has 128 valence electrons. The molecule has 1 aromatic heterocycles. The number of halogens is 1. The molecule has 1 spiro atoms. The minimum Gasteiger partial charge on any atom is -0.362 e. The van der Waals surface area contributed by atoms with Gasteiger partial charge >= 0.3 is 0 Å². The van der Waals surface area contributed by atoms with Gasteiger partial charge in [-0.3, -0.25) is 4.79 Å². The molecule has 2 saturated carbocycles. The summed E-state index contributed by atoms with van der Waals surface area (Å²) >= 11 is 5.85. The van der Waals surface area contributed by atoms with Gasteiger partial charge < -0.3 is 9.64 Å². The lowest BCUT2D eigenvalue weighted by Gasteiger charge is -2.57. The number of amides is 1. The summed E-state index contributed by atoms with van der Waals surface area (Å²) in [7, 11) is 1.64. The number of alkyl halides is 1. The zero-order chi connectivity index (χ0) is 16.4. The minimum atomic E-state index is -0.00103. The Balaban J connectivity index is 1.67. The maximum Gasteiger partial charge on any atom is 0.238 e. The summed E-state index contributed by atoms with van der Waals surface area (Å²) in [5.74, 6) is 0.626. The number of hydrogen-bond acceptors (Lipinski definition) is 3. The van der Waals surface area contributed by atoms with Crippen molar-refractivity contribution < 1.29 is 9.53 Å². The lowest BCUT2D eigenvalue weighted by molar-refractivity contribution is -0.137. The molecular formula is C17H26ClN3O2. The van der Waals surface area contributed by atoms with Gasteiger partial charge in [0.25, 0.3) is 0 Å². The molecule has 1 atom stereocenters. The van der Waals surface area contributed by atoms with Crippen molar-refractivity contribution in [1.82, 2.24) is 14.7 Å². The van der Waals surface area contributed by atoms with Crippen LogP contribution in [0.15, 0.2) is 12.3 Å². The third kappa shape index (κ3) is 3.26. The van der Waals surface area contributed by atoms with Crippen molar-refractivity contribution in [3.63, 3.8) is 0 Å². The molecule has 0 radical (unpaired) electrons. The summed E-state index contributed by atoms with van der Waals surface area (Å²) in [6.45, 7) is 3.10. The van der Waals surface area contributed by atoms with Gasteiger partial charge in [-0.05, 0) is 50.0 Å². The first-order valence-electron chi connectivity index (χ1n) is 8.43. The van der Waals surface area contributed by atoms with Crippen LogP contribution in [0, 0.1) is 11.3 Å². The Morgan fingerprint density at radius 3 is 2.87 bits per heavy atom. The van der Waals surface area contributed by atoms with Crippen molar-refractivity contribution in [2.45, 2.75) is 58.3 Å². The lowest BCUT2D eigenvalue weighted by atomic mass is 9.50. The SMILES string of the molecule is COCn1nccc1CN(C(=O)CCl)C(C)C1CC2(CCC2)C1. The highest BCUT2D eigenvalue weighted by Gasteiger charge is 2.50. The summed E-state index contributed by atoms with van der Waals surface area (Å²) < 4.78 is 6.94. The van der Waals surface area contributed by atoms with Crippen LogP contribution < -0.4 is 0 Å². The average Bonchev–Trinajstić information content (AvgIpc) is 2.88. The molecule has 1 heterocycles. The van der Waals surface area contributed by atoms with Crippen molar-refractivity contribution in [2.75, 3.05) is 13.0 Å². The Labute approximate surface area is 142 Å². The van der Waals surface area contributed by atoms with Gasteiger partial charge in [0.1, 0.15) is 12.6 Å². The maximum atomic E-state index is 12.4.